The predicted molar refractivity (Wildman–Crippen MR) is 155 cm³/mol. The lowest BCUT2D eigenvalue weighted by molar-refractivity contribution is -0.144. The third kappa shape index (κ3) is 7.69. The van der Waals surface area contributed by atoms with Gasteiger partial charge in [0.05, 0.1) is 13.2 Å². The van der Waals surface area contributed by atoms with Crippen molar-refractivity contribution in [3.63, 3.8) is 0 Å². The highest BCUT2D eigenvalue weighted by Gasteiger charge is 2.30. The number of nitrogens with one attached hydrogen (secondary N) is 1. The van der Waals surface area contributed by atoms with Gasteiger partial charge in [-0.2, -0.15) is 13.8 Å². The van der Waals surface area contributed by atoms with E-state index in [1.54, 1.807) is 27.1 Å². The number of carbonyl (C=O) groups is 2. The first-order valence-electron chi connectivity index (χ1n) is 13.7. The van der Waals surface area contributed by atoms with Crippen LogP contribution in [0, 0.1) is 17.0 Å². The maximum Gasteiger partial charge on any atom is 0.320 e. The van der Waals surface area contributed by atoms with Crippen LogP contribution < -0.4 is 19.9 Å². The zero-order valence-electron chi connectivity index (χ0n) is 24.4. The summed E-state index contributed by atoms with van der Waals surface area (Å²) >= 11 is 0. The van der Waals surface area contributed by atoms with E-state index in [1.807, 2.05) is 4.90 Å². The van der Waals surface area contributed by atoms with Gasteiger partial charge in [-0.3, -0.25) is 19.9 Å². The first kappa shape index (κ1) is 31.9. The maximum atomic E-state index is 15.8. The minimum absolute atomic E-state index is 0.0290. The van der Waals surface area contributed by atoms with Crippen LogP contribution in [0.25, 0.3) is 0 Å². The zero-order chi connectivity index (χ0) is 32.0. The molecule has 2 heterocycles. The van der Waals surface area contributed by atoms with Crippen molar-refractivity contribution in [1.29, 1.82) is 5.41 Å². The lowest BCUT2D eigenvalue weighted by atomic mass is 10.1. The molecule has 12 nitrogen and oxygen atoms in total. The van der Waals surface area contributed by atoms with E-state index in [0.717, 1.165) is 0 Å². The van der Waals surface area contributed by atoms with E-state index < -0.39 is 41.0 Å². The molecule has 0 unspecified atom stereocenters. The van der Waals surface area contributed by atoms with Crippen LogP contribution in [-0.2, 0) is 9.53 Å². The molecule has 14 heteroatoms. The number of aromatic nitrogens is 1. The molecule has 1 amide bonds. The van der Waals surface area contributed by atoms with Gasteiger partial charge in [0.15, 0.2) is 11.5 Å². The quantitative estimate of drug-likeness (QED) is 0.164. The summed E-state index contributed by atoms with van der Waals surface area (Å²) in [5, 5.41) is 18.0. The summed E-state index contributed by atoms with van der Waals surface area (Å²) in [6, 6.07) is 9.65. The number of likely N-dealkylation sites (tertiary alicyclic amines) is 1. The first-order chi connectivity index (χ1) is 21.0. The number of hydrogen-bond acceptors (Lipinski definition) is 10. The van der Waals surface area contributed by atoms with E-state index in [1.165, 1.54) is 41.3 Å². The number of ether oxygens (including phenoxy) is 4. The Hall–Kier alpha value is -4.98. The molecular formula is C30H33F2N5O7. The highest BCUT2D eigenvalue weighted by Crippen LogP contribution is 2.40. The Morgan fingerprint density at radius 3 is 2.39 bits per heavy atom. The second-order valence-corrected chi connectivity index (χ2v) is 10.1. The number of halogens is 2. The number of aromatic hydroxyl groups is 1. The number of esters is 1. The summed E-state index contributed by atoms with van der Waals surface area (Å²) < 4.78 is 53.6. The fraction of sp³-hybridized carbons (Fsp3) is 0.333. The molecule has 1 aliphatic rings. The number of amides is 1. The van der Waals surface area contributed by atoms with Crippen LogP contribution in [-0.4, -0.2) is 84.0 Å². The van der Waals surface area contributed by atoms with E-state index in [4.69, 9.17) is 30.1 Å². The Labute approximate surface area is 252 Å². The molecule has 0 bridgehead atoms. The Balaban J connectivity index is 1.66. The molecule has 1 aromatic heterocycles. The van der Waals surface area contributed by atoms with Gasteiger partial charge in [-0.1, -0.05) is 6.07 Å². The smallest absolute Gasteiger partial charge is 0.320 e. The third-order valence-corrected chi connectivity index (χ3v) is 6.63. The number of piperidine rings is 1. The molecule has 4 N–H and O–H groups in total. The van der Waals surface area contributed by atoms with E-state index in [2.05, 4.69) is 4.98 Å². The largest absolute Gasteiger partial charge is 0.504 e. The summed E-state index contributed by atoms with van der Waals surface area (Å²) in [5.74, 6) is -6.60. The highest BCUT2D eigenvalue weighted by molar-refractivity contribution is 5.95. The van der Waals surface area contributed by atoms with Crippen LogP contribution in [0.15, 0.2) is 42.5 Å². The highest BCUT2D eigenvalue weighted by atomic mass is 19.1. The average molecular weight is 614 g/mol. The SMILES string of the molecule is CCOC(=O)CN1CCC(Oc2c(F)c(Oc3cccc(C(=O)N(C)C)c3)nc(Oc3cc(C(=N)N)ccc3O)c2F)CC1. The predicted octanol–water partition coefficient (Wildman–Crippen LogP) is 4.04. The number of nitrogens with two attached hydrogens (primary N) is 1. The van der Waals surface area contributed by atoms with Crippen molar-refractivity contribution >= 4 is 17.7 Å². The number of phenols is 1. The molecule has 1 aliphatic heterocycles. The lowest BCUT2D eigenvalue weighted by Crippen LogP contribution is -2.41. The number of hydrogen-bond donors (Lipinski definition) is 3. The molecule has 0 atom stereocenters. The van der Waals surface area contributed by atoms with E-state index in [9.17, 15) is 14.7 Å². The van der Waals surface area contributed by atoms with Gasteiger partial charge in [0.1, 0.15) is 17.7 Å². The average Bonchev–Trinajstić information content (AvgIpc) is 2.99. The second-order valence-electron chi connectivity index (χ2n) is 10.1. The number of nitrogens with zero attached hydrogens (tertiary/aromatic N) is 3. The maximum absolute atomic E-state index is 15.8. The van der Waals surface area contributed by atoms with Gasteiger partial charge in [0.2, 0.25) is 17.4 Å². The first-order valence-corrected chi connectivity index (χ1v) is 13.7. The van der Waals surface area contributed by atoms with Crippen molar-refractivity contribution in [1.82, 2.24) is 14.8 Å². The molecule has 0 radical (unpaired) electrons. The summed E-state index contributed by atoms with van der Waals surface area (Å²) in [6.45, 7) is 2.91. The van der Waals surface area contributed by atoms with Crippen LogP contribution in [0.1, 0.15) is 35.7 Å². The summed E-state index contributed by atoms with van der Waals surface area (Å²) in [4.78, 5) is 31.4. The molecule has 44 heavy (non-hydrogen) atoms. The van der Waals surface area contributed by atoms with Crippen molar-refractivity contribution in [2.75, 3.05) is 40.3 Å². The lowest BCUT2D eigenvalue weighted by Gasteiger charge is -2.31. The van der Waals surface area contributed by atoms with E-state index in [-0.39, 0.29) is 53.5 Å². The van der Waals surface area contributed by atoms with Crippen LogP contribution in [0.2, 0.25) is 0 Å². The second kappa shape index (κ2) is 14.0. The normalized spacial score (nSPS) is 13.7. The number of carbonyl (C=O) groups excluding carboxylic acids is 2. The molecule has 234 valence electrons. The zero-order valence-corrected chi connectivity index (χ0v) is 24.4. The Morgan fingerprint density at radius 2 is 1.75 bits per heavy atom. The van der Waals surface area contributed by atoms with Crippen molar-refractivity contribution in [3.05, 3.63) is 65.2 Å². The number of pyridine rings is 1. The molecule has 0 saturated carbocycles. The van der Waals surface area contributed by atoms with Gasteiger partial charge >= 0.3 is 5.97 Å². The fourth-order valence-corrected chi connectivity index (χ4v) is 4.39. The molecule has 3 aromatic rings. The number of amidine groups is 1. The molecule has 2 aromatic carbocycles. The fourth-order valence-electron chi connectivity index (χ4n) is 4.39. The monoisotopic (exact) mass is 613 g/mol. The number of nitrogen functional groups attached to an aromatic ring is 1. The molecule has 1 saturated heterocycles. The molecule has 1 fully saturated rings. The third-order valence-electron chi connectivity index (χ3n) is 6.63. The molecule has 0 spiro atoms. The topological polar surface area (TPSA) is 161 Å². The van der Waals surface area contributed by atoms with Crippen LogP contribution in [0.4, 0.5) is 8.78 Å². The van der Waals surface area contributed by atoms with Crippen LogP contribution >= 0.6 is 0 Å². The number of benzene rings is 2. The van der Waals surface area contributed by atoms with Gasteiger partial charge in [-0.15, -0.1) is 0 Å². The minimum Gasteiger partial charge on any atom is -0.504 e. The van der Waals surface area contributed by atoms with Gasteiger partial charge in [-0.05, 0) is 56.2 Å². The van der Waals surface area contributed by atoms with Crippen molar-refractivity contribution in [2.24, 2.45) is 5.73 Å². The van der Waals surface area contributed by atoms with E-state index >= 15 is 8.78 Å². The summed E-state index contributed by atoms with van der Waals surface area (Å²) in [6.07, 6.45) is 0.0720. The Kier molecular flexibility index (Phi) is 10.2. The summed E-state index contributed by atoms with van der Waals surface area (Å²) in [7, 11) is 3.14. The van der Waals surface area contributed by atoms with Gasteiger partial charge in [0, 0.05) is 38.3 Å². The van der Waals surface area contributed by atoms with Crippen LogP contribution in [0.5, 0.6) is 34.8 Å². The Bertz CT molecular complexity index is 1540. The minimum atomic E-state index is -1.30. The van der Waals surface area contributed by atoms with Crippen molar-refractivity contribution < 1.29 is 42.4 Å². The van der Waals surface area contributed by atoms with Crippen molar-refractivity contribution in [3.8, 4) is 34.8 Å². The number of phenolic OH excluding ortho intramolecular Hbond substituents is 1. The molecular weight excluding hydrogens is 580 g/mol. The standard InChI is InChI=1S/C30H33F2N5O7/c1-4-41-23(39)16-37-12-10-19(11-13-37)42-26-24(31)28(43-20-7-5-6-18(14-20)30(40)36(2)3)35-29(25(26)32)44-22-15-17(27(33)34)8-9-21(22)38/h5-9,14-15,19,38H,4,10-13,16H2,1-3H3,(H3,33,34). The van der Waals surface area contributed by atoms with Gasteiger partial charge in [0.25, 0.3) is 17.7 Å². The summed E-state index contributed by atoms with van der Waals surface area (Å²) in [5.41, 5.74) is 5.95. The molecule has 0 aliphatic carbocycles. The Morgan fingerprint density at radius 1 is 1.07 bits per heavy atom. The van der Waals surface area contributed by atoms with Gasteiger partial charge in [-0.25, -0.2) is 0 Å². The van der Waals surface area contributed by atoms with Crippen LogP contribution in [0.3, 0.4) is 0 Å². The van der Waals surface area contributed by atoms with Crippen molar-refractivity contribution in [2.45, 2.75) is 25.9 Å². The van der Waals surface area contributed by atoms with E-state index in [0.29, 0.717) is 25.9 Å². The van der Waals surface area contributed by atoms with Gasteiger partial charge < -0.3 is 34.7 Å². The molecule has 4 rings (SSSR count). The number of rotatable bonds is 11.